The van der Waals surface area contributed by atoms with Crippen molar-refractivity contribution in [3.8, 4) is 11.8 Å². The topological polar surface area (TPSA) is 29.0 Å². The first-order valence-electron chi connectivity index (χ1n) is 5.02. The van der Waals surface area contributed by atoms with Crippen LogP contribution in [0.5, 0.6) is 0 Å². The maximum atomic E-state index is 4.31. The van der Waals surface area contributed by atoms with Crippen molar-refractivity contribution in [2.45, 2.75) is 12.8 Å². The van der Waals surface area contributed by atoms with Gasteiger partial charge in [-0.2, -0.15) is 0 Å². The number of halogens is 1. The number of alkyl halides is 1. The zero-order valence-corrected chi connectivity index (χ0v) is 10.00. The number of nitrogens with zero attached hydrogens (tertiary/aromatic N) is 3. The van der Waals surface area contributed by atoms with Crippen LogP contribution in [0.1, 0.15) is 18.4 Å². The normalized spacial score (nSPS) is 14.9. The summed E-state index contributed by atoms with van der Waals surface area (Å²) in [5, 5.41) is 0.681. The van der Waals surface area contributed by atoms with Crippen molar-refractivity contribution in [3.63, 3.8) is 0 Å². The third-order valence-electron chi connectivity index (χ3n) is 2.33. The Balaban J connectivity index is 2.09. The summed E-state index contributed by atoms with van der Waals surface area (Å²) in [7, 11) is 0. The molecule has 1 aromatic rings. The summed E-state index contributed by atoms with van der Waals surface area (Å²) in [6.07, 6.45) is 6.07. The Morgan fingerprint density at radius 3 is 2.53 bits per heavy atom. The molecule has 0 aromatic carbocycles. The van der Waals surface area contributed by atoms with Gasteiger partial charge in [0.15, 0.2) is 0 Å². The Bertz CT molecular complexity index is 371. The molecule has 78 valence electrons. The van der Waals surface area contributed by atoms with Crippen molar-refractivity contribution in [3.05, 3.63) is 18.0 Å². The zero-order chi connectivity index (χ0) is 10.5. The van der Waals surface area contributed by atoms with Crippen LogP contribution >= 0.6 is 15.9 Å². The molecular formula is C11H12BrN3. The van der Waals surface area contributed by atoms with Crippen LogP contribution in [0.2, 0.25) is 0 Å². The van der Waals surface area contributed by atoms with Gasteiger partial charge in [-0.05, 0) is 12.8 Å². The molecule has 0 unspecified atom stereocenters. The van der Waals surface area contributed by atoms with Crippen molar-refractivity contribution in [2.75, 3.05) is 23.3 Å². The smallest absolute Gasteiger partial charge is 0.225 e. The number of aromatic nitrogens is 2. The van der Waals surface area contributed by atoms with E-state index in [4.69, 9.17) is 0 Å². The Morgan fingerprint density at radius 2 is 1.93 bits per heavy atom. The summed E-state index contributed by atoms with van der Waals surface area (Å²) >= 11 is 3.25. The molecule has 3 nitrogen and oxygen atoms in total. The Kier molecular flexibility index (Phi) is 3.57. The third kappa shape index (κ3) is 2.69. The average molecular weight is 266 g/mol. The predicted molar refractivity (Wildman–Crippen MR) is 64.2 cm³/mol. The molecule has 1 saturated heterocycles. The molecule has 15 heavy (non-hydrogen) atoms. The van der Waals surface area contributed by atoms with Crippen LogP contribution < -0.4 is 4.90 Å². The third-order valence-corrected chi connectivity index (χ3v) is 2.61. The SMILES string of the molecule is BrCC#Cc1cnc(N2CCCC2)nc1. The Labute approximate surface area is 98.0 Å². The van der Waals surface area contributed by atoms with Gasteiger partial charge in [0.05, 0.1) is 10.9 Å². The van der Waals surface area contributed by atoms with Gasteiger partial charge in [-0.1, -0.05) is 27.8 Å². The van der Waals surface area contributed by atoms with Crippen molar-refractivity contribution in [2.24, 2.45) is 0 Å². The lowest BCUT2D eigenvalue weighted by molar-refractivity contribution is 0.897. The number of anilines is 1. The molecule has 0 amide bonds. The van der Waals surface area contributed by atoms with Crippen LogP contribution in [0.4, 0.5) is 5.95 Å². The summed E-state index contributed by atoms with van der Waals surface area (Å²) in [5.74, 6) is 6.73. The van der Waals surface area contributed by atoms with Crippen LogP contribution in [0.15, 0.2) is 12.4 Å². The average Bonchev–Trinajstić information content (AvgIpc) is 2.80. The van der Waals surface area contributed by atoms with Gasteiger partial charge in [0.25, 0.3) is 0 Å². The second-order valence-electron chi connectivity index (χ2n) is 3.40. The first-order chi connectivity index (χ1) is 7.40. The molecule has 4 heteroatoms. The largest absolute Gasteiger partial charge is 0.341 e. The number of rotatable bonds is 1. The quantitative estimate of drug-likeness (QED) is 0.573. The van der Waals surface area contributed by atoms with E-state index in [0.717, 1.165) is 24.6 Å². The second-order valence-corrected chi connectivity index (χ2v) is 3.96. The first-order valence-corrected chi connectivity index (χ1v) is 6.14. The van der Waals surface area contributed by atoms with E-state index in [-0.39, 0.29) is 0 Å². The fourth-order valence-electron chi connectivity index (χ4n) is 1.60. The molecule has 1 aliphatic heterocycles. The zero-order valence-electron chi connectivity index (χ0n) is 8.41. The van der Waals surface area contributed by atoms with Crippen molar-refractivity contribution in [1.82, 2.24) is 9.97 Å². The molecule has 0 saturated carbocycles. The molecule has 0 bridgehead atoms. The van der Waals surface area contributed by atoms with Gasteiger partial charge in [0, 0.05) is 25.5 Å². The monoisotopic (exact) mass is 265 g/mol. The van der Waals surface area contributed by atoms with Gasteiger partial charge in [-0.15, -0.1) is 0 Å². The van der Waals surface area contributed by atoms with Gasteiger partial charge >= 0.3 is 0 Å². The van der Waals surface area contributed by atoms with Crippen LogP contribution in [0.25, 0.3) is 0 Å². The molecule has 0 spiro atoms. The lowest BCUT2D eigenvalue weighted by atomic mass is 10.3. The molecule has 1 aromatic heterocycles. The standard InChI is InChI=1S/C11H12BrN3/c12-5-3-4-10-8-13-11(14-9-10)15-6-1-2-7-15/h8-9H,1-2,5-7H2. The lowest BCUT2D eigenvalue weighted by Crippen LogP contribution is -2.20. The lowest BCUT2D eigenvalue weighted by Gasteiger charge is -2.13. The molecule has 0 N–H and O–H groups in total. The maximum Gasteiger partial charge on any atom is 0.225 e. The Hall–Kier alpha value is -1.08. The molecule has 2 heterocycles. The van der Waals surface area contributed by atoms with Gasteiger partial charge in [-0.3, -0.25) is 0 Å². The van der Waals surface area contributed by atoms with E-state index >= 15 is 0 Å². The summed E-state index contributed by atoms with van der Waals surface area (Å²) < 4.78 is 0. The van der Waals surface area contributed by atoms with Crippen molar-refractivity contribution in [1.29, 1.82) is 0 Å². The van der Waals surface area contributed by atoms with Gasteiger partial charge in [-0.25, -0.2) is 9.97 Å². The van der Waals surface area contributed by atoms with Crippen molar-refractivity contribution >= 4 is 21.9 Å². The fraction of sp³-hybridized carbons (Fsp3) is 0.455. The molecular weight excluding hydrogens is 254 g/mol. The first kappa shape index (κ1) is 10.4. The van der Waals surface area contributed by atoms with E-state index in [1.165, 1.54) is 12.8 Å². The molecule has 0 atom stereocenters. The molecule has 0 aliphatic carbocycles. The van der Waals surface area contributed by atoms with Crippen LogP contribution in [0.3, 0.4) is 0 Å². The van der Waals surface area contributed by atoms with E-state index in [9.17, 15) is 0 Å². The Morgan fingerprint density at radius 1 is 1.27 bits per heavy atom. The van der Waals surface area contributed by atoms with E-state index in [1.807, 2.05) is 0 Å². The van der Waals surface area contributed by atoms with Crippen LogP contribution in [-0.2, 0) is 0 Å². The van der Waals surface area contributed by atoms with Crippen LogP contribution in [-0.4, -0.2) is 28.4 Å². The summed E-state index contributed by atoms with van der Waals surface area (Å²) in [6.45, 7) is 2.15. The number of hydrogen-bond acceptors (Lipinski definition) is 3. The van der Waals surface area contributed by atoms with Crippen LogP contribution in [0, 0.1) is 11.8 Å². The van der Waals surface area contributed by atoms with Crippen molar-refractivity contribution < 1.29 is 0 Å². The van der Waals surface area contributed by atoms with E-state index < -0.39 is 0 Å². The second kappa shape index (κ2) is 5.13. The van der Waals surface area contributed by atoms with E-state index in [2.05, 4.69) is 42.6 Å². The minimum atomic E-state index is 0.681. The molecule has 2 rings (SSSR count). The summed E-state index contributed by atoms with van der Waals surface area (Å²) in [4.78, 5) is 10.8. The highest BCUT2D eigenvalue weighted by atomic mass is 79.9. The summed E-state index contributed by atoms with van der Waals surface area (Å²) in [6, 6.07) is 0. The van der Waals surface area contributed by atoms with E-state index in [0.29, 0.717) is 5.33 Å². The molecule has 1 aliphatic rings. The minimum Gasteiger partial charge on any atom is -0.341 e. The highest BCUT2D eigenvalue weighted by molar-refractivity contribution is 9.09. The van der Waals surface area contributed by atoms with Gasteiger partial charge in [0.1, 0.15) is 0 Å². The highest BCUT2D eigenvalue weighted by Gasteiger charge is 2.13. The molecule has 1 fully saturated rings. The van der Waals surface area contributed by atoms with E-state index in [1.54, 1.807) is 12.4 Å². The highest BCUT2D eigenvalue weighted by Crippen LogP contribution is 2.14. The van der Waals surface area contributed by atoms with Gasteiger partial charge < -0.3 is 4.90 Å². The number of hydrogen-bond donors (Lipinski definition) is 0. The predicted octanol–water partition coefficient (Wildman–Crippen LogP) is 1.82. The maximum absolute atomic E-state index is 4.31. The summed E-state index contributed by atoms with van der Waals surface area (Å²) in [5.41, 5.74) is 0.873. The van der Waals surface area contributed by atoms with Gasteiger partial charge in [0.2, 0.25) is 5.95 Å². The minimum absolute atomic E-state index is 0.681. The molecule has 0 radical (unpaired) electrons. The fourth-order valence-corrected chi connectivity index (χ4v) is 1.74.